The lowest BCUT2D eigenvalue weighted by atomic mass is 10.1. The highest BCUT2D eigenvalue weighted by Gasteiger charge is 2.20. The summed E-state index contributed by atoms with van der Waals surface area (Å²) < 4.78 is 10.5. The van der Waals surface area contributed by atoms with Crippen molar-refractivity contribution in [3.05, 3.63) is 41.3 Å². The average Bonchev–Trinajstić information content (AvgIpc) is 3.03. The van der Waals surface area contributed by atoms with Crippen LogP contribution in [-0.2, 0) is 6.42 Å². The number of aromatic nitrogens is 1. The Balaban J connectivity index is 0.00000280. The molecule has 1 aliphatic heterocycles. The number of anilines is 1. The standard InChI is InChI=1S/C20H29N5O2.HI/c1-15-19(16(2)27-23-15)9-10-22-20(21-3)25-13-11-24(12-14-25)17-5-7-18(26-4)8-6-17;/h5-8H,9-14H2,1-4H3,(H,21,22);1H. The molecule has 154 valence electrons. The van der Waals surface area contributed by atoms with Gasteiger partial charge in [-0.05, 0) is 44.5 Å². The quantitative estimate of drug-likeness (QED) is 0.388. The van der Waals surface area contributed by atoms with Gasteiger partial charge < -0.3 is 24.4 Å². The molecule has 1 aliphatic rings. The minimum absolute atomic E-state index is 0. The fourth-order valence-electron chi connectivity index (χ4n) is 3.46. The lowest BCUT2D eigenvalue weighted by Crippen LogP contribution is -2.52. The Hall–Kier alpha value is -1.97. The molecule has 2 heterocycles. The van der Waals surface area contributed by atoms with Gasteiger partial charge in [-0.1, -0.05) is 5.16 Å². The molecule has 7 nitrogen and oxygen atoms in total. The summed E-state index contributed by atoms with van der Waals surface area (Å²) >= 11 is 0. The maximum atomic E-state index is 5.24. The van der Waals surface area contributed by atoms with Crippen LogP contribution in [0.15, 0.2) is 33.8 Å². The normalized spacial score (nSPS) is 14.6. The van der Waals surface area contributed by atoms with Crippen molar-refractivity contribution < 1.29 is 9.26 Å². The van der Waals surface area contributed by atoms with E-state index in [0.717, 1.165) is 62.3 Å². The number of halogens is 1. The van der Waals surface area contributed by atoms with Gasteiger partial charge in [-0.15, -0.1) is 24.0 Å². The highest BCUT2D eigenvalue weighted by Crippen LogP contribution is 2.20. The van der Waals surface area contributed by atoms with Crippen molar-refractivity contribution in [2.24, 2.45) is 4.99 Å². The van der Waals surface area contributed by atoms with Gasteiger partial charge in [0.2, 0.25) is 0 Å². The summed E-state index contributed by atoms with van der Waals surface area (Å²) in [6.45, 7) is 8.58. The maximum Gasteiger partial charge on any atom is 0.193 e. The fourth-order valence-corrected chi connectivity index (χ4v) is 3.46. The van der Waals surface area contributed by atoms with Gasteiger partial charge in [0.05, 0.1) is 12.8 Å². The molecule has 1 fully saturated rings. The Morgan fingerprint density at radius 1 is 1.18 bits per heavy atom. The van der Waals surface area contributed by atoms with E-state index >= 15 is 0 Å². The van der Waals surface area contributed by atoms with E-state index in [1.807, 2.05) is 33.0 Å². The van der Waals surface area contributed by atoms with Gasteiger partial charge in [0, 0.05) is 51.0 Å². The van der Waals surface area contributed by atoms with E-state index in [4.69, 9.17) is 9.26 Å². The number of rotatable bonds is 5. The molecule has 0 unspecified atom stereocenters. The van der Waals surface area contributed by atoms with Crippen molar-refractivity contribution in [3.8, 4) is 5.75 Å². The number of nitrogens with one attached hydrogen (secondary N) is 1. The second kappa shape index (κ2) is 10.5. The first-order chi connectivity index (χ1) is 13.1. The highest BCUT2D eigenvalue weighted by atomic mass is 127. The molecule has 0 spiro atoms. The molecule has 0 radical (unpaired) electrons. The first kappa shape index (κ1) is 22.3. The smallest absolute Gasteiger partial charge is 0.193 e. The van der Waals surface area contributed by atoms with Crippen molar-refractivity contribution in [1.29, 1.82) is 0 Å². The molecule has 1 saturated heterocycles. The largest absolute Gasteiger partial charge is 0.497 e. The minimum atomic E-state index is 0. The van der Waals surface area contributed by atoms with Crippen LogP contribution in [0, 0.1) is 13.8 Å². The minimum Gasteiger partial charge on any atom is -0.497 e. The number of aryl methyl sites for hydroxylation is 2. The molecule has 0 atom stereocenters. The van der Waals surface area contributed by atoms with E-state index in [0.29, 0.717) is 0 Å². The number of ether oxygens (including phenoxy) is 1. The molecule has 0 saturated carbocycles. The van der Waals surface area contributed by atoms with Crippen molar-refractivity contribution >= 4 is 35.6 Å². The van der Waals surface area contributed by atoms with Gasteiger partial charge >= 0.3 is 0 Å². The third-order valence-electron chi connectivity index (χ3n) is 5.07. The summed E-state index contributed by atoms with van der Waals surface area (Å²) in [5.74, 6) is 2.74. The summed E-state index contributed by atoms with van der Waals surface area (Å²) in [5.41, 5.74) is 3.39. The SMILES string of the molecule is CN=C(NCCc1c(C)noc1C)N1CCN(c2ccc(OC)cc2)CC1.I. The van der Waals surface area contributed by atoms with Crippen molar-refractivity contribution in [1.82, 2.24) is 15.4 Å². The first-order valence-corrected chi connectivity index (χ1v) is 9.38. The second-order valence-corrected chi connectivity index (χ2v) is 6.70. The Morgan fingerprint density at radius 2 is 1.86 bits per heavy atom. The van der Waals surface area contributed by atoms with Crippen LogP contribution in [0.4, 0.5) is 5.69 Å². The van der Waals surface area contributed by atoms with Crippen LogP contribution in [0.3, 0.4) is 0 Å². The average molecular weight is 499 g/mol. The van der Waals surface area contributed by atoms with Gasteiger partial charge in [-0.3, -0.25) is 4.99 Å². The number of methoxy groups -OCH3 is 1. The molecule has 0 amide bonds. The Labute approximate surface area is 184 Å². The van der Waals surface area contributed by atoms with Crippen LogP contribution >= 0.6 is 24.0 Å². The molecule has 28 heavy (non-hydrogen) atoms. The number of piperazine rings is 1. The third kappa shape index (κ3) is 5.30. The highest BCUT2D eigenvalue weighted by molar-refractivity contribution is 14.0. The van der Waals surface area contributed by atoms with Crippen LogP contribution in [0.1, 0.15) is 17.0 Å². The summed E-state index contributed by atoms with van der Waals surface area (Å²) in [4.78, 5) is 9.16. The van der Waals surface area contributed by atoms with Crippen LogP contribution < -0.4 is 15.0 Å². The summed E-state index contributed by atoms with van der Waals surface area (Å²) in [6, 6.07) is 8.25. The van der Waals surface area contributed by atoms with Gasteiger partial charge in [0.25, 0.3) is 0 Å². The second-order valence-electron chi connectivity index (χ2n) is 6.70. The first-order valence-electron chi connectivity index (χ1n) is 9.38. The fraction of sp³-hybridized carbons (Fsp3) is 0.500. The number of guanidine groups is 1. The van der Waals surface area contributed by atoms with Crippen LogP contribution in [0.25, 0.3) is 0 Å². The molecular formula is C20H30IN5O2. The summed E-state index contributed by atoms with van der Waals surface area (Å²) in [5, 5.41) is 7.49. The molecule has 0 aliphatic carbocycles. The molecule has 1 aromatic heterocycles. The van der Waals surface area contributed by atoms with E-state index in [1.54, 1.807) is 7.11 Å². The van der Waals surface area contributed by atoms with Crippen molar-refractivity contribution in [2.75, 3.05) is 51.8 Å². The predicted octanol–water partition coefficient (Wildman–Crippen LogP) is 2.86. The zero-order valence-corrected chi connectivity index (χ0v) is 19.4. The Kier molecular flexibility index (Phi) is 8.40. The Morgan fingerprint density at radius 3 is 2.39 bits per heavy atom. The van der Waals surface area contributed by atoms with Crippen molar-refractivity contribution in [2.45, 2.75) is 20.3 Å². The lowest BCUT2D eigenvalue weighted by molar-refractivity contribution is 0.372. The molecule has 3 rings (SSSR count). The van der Waals surface area contributed by atoms with E-state index < -0.39 is 0 Å². The molecule has 8 heteroatoms. The topological polar surface area (TPSA) is 66.1 Å². The monoisotopic (exact) mass is 499 g/mol. The summed E-state index contributed by atoms with van der Waals surface area (Å²) in [6.07, 6.45) is 0.881. The lowest BCUT2D eigenvalue weighted by Gasteiger charge is -2.37. The van der Waals surface area contributed by atoms with Gasteiger partial charge in [0.1, 0.15) is 11.5 Å². The van der Waals surface area contributed by atoms with Crippen LogP contribution in [-0.4, -0.2) is 62.9 Å². The zero-order chi connectivity index (χ0) is 19.2. The zero-order valence-electron chi connectivity index (χ0n) is 17.1. The number of benzene rings is 1. The van der Waals surface area contributed by atoms with Gasteiger partial charge in [-0.25, -0.2) is 0 Å². The van der Waals surface area contributed by atoms with Gasteiger partial charge in [-0.2, -0.15) is 0 Å². The number of hydrogen-bond acceptors (Lipinski definition) is 5. The van der Waals surface area contributed by atoms with E-state index in [9.17, 15) is 0 Å². The molecular weight excluding hydrogens is 469 g/mol. The molecule has 0 bridgehead atoms. The van der Waals surface area contributed by atoms with Crippen molar-refractivity contribution in [3.63, 3.8) is 0 Å². The molecule has 2 aromatic rings. The van der Waals surface area contributed by atoms with E-state index in [2.05, 4.69) is 37.4 Å². The molecule has 1 N–H and O–H groups in total. The van der Waals surface area contributed by atoms with E-state index in [-0.39, 0.29) is 24.0 Å². The Bertz CT molecular complexity index is 748. The number of hydrogen-bond donors (Lipinski definition) is 1. The van der Waals surface area contributed by atoms with Crippen LogP contribution in [0.5, 0.6) is 5.75 Å². The summed E-state index contributed by atoms with van der Waals surface area (Å²) in [7, 11) is 3.53. The molecule has 1 aromatic carbocycles. The van der Waals surface area contributed by atoms with Crippen LogP contribution in [0.2, 0.25) is 0 Å². The maximum absolute atomic E-state index is 5.24. The predicted molar refractivity (Wildman–Crippen MR) is 123 cm³/mol. The number of nitrogens with zero attached hydrogens (tertiary/aromatic N) is 4. The number of aliphatic imine (C=N–C) groups is 1. The van der Waals surface area contributed by atoms with E-state index in [1.165, 1.54) is 11.3 Å². The third-order valence-corrected chi connectivity index (χ3v) is 5.07. The van der Waals surface area contributed by atoms with Gasteiger partial charge in [0.15, 0.2) is 5.96 Å².